The van der Waals surface area contributed by atoms with Gasteiger partial charge in [-0.15, -0.1) is 0 Å². The Kier molecular flexibility index (Phi) is 4.39. The summed E-state index contributed by atoms with van der Waals surface area (Å²) in [5.74, 6) is -2.46. The minimum Gasteiger partial charge on any atom is -0.480 e. The summed E-state index contributed by atoms with van der Waals surface area (Å²) < 4.78 is 0. The van der Waals surface area contributed by atoms with Gasteiger partial charge in [0.25, 0.3) is 0 Å². The van der Waals surface area contributed by atoms with E-state index in [2.05, 4.69) is 20.6 Å². The third kappa shape index (κ3) is 3.40. The number of imidazole rings is 1. The predicted molar refractivity (Wildman–Crippen MR) is 71.6 cm³/mol. The van der Waals surface area contributed by atoms with Crippen LogP contribution in [-0.2, 0) is 20.8 Å². The highest BCUT2D eigenvalue weighted by atomic mass is 16.4. The number of urea groups is 1. The molecule has 22 heavy (non-hydrogen) atoms. The number of carbonyl (C=O) groups excluding carboxylic acids is 3. The zero-order valence-electron chi connectivity index (χ0n) is 11.7. The molecule has 2 heterocycles. The van der Waals surface area contributed by atoms with E-state index in [4.69, 9.17) is 5.11 Å². The first-order valence-corrected chi connectivity index (χ1v) is 6.46. The summed E-state index contributed by atoms with van der Waals surface area (Å²) in [5, 5.41) is 13.8. The number of carbonyl (C=O) groups is 4. The highest BCUT2D eigenvalue weighted by Gasteiger charge is 2.35. The van der Waals surface area contributed by atoms with E-state index >= 15 is 0 Å². The highest BCUT2D eigenvalue weighted by Crippen LogP contribution is 2.07. The molecule has 1 aliphatic heterocycles. The van der Waals surface area contributed by atoms with Crippen molar-refractivity contribution in [1.82, 2.24) is 25.5 Å². The van der Waals surface area contributed by atoms with Crippen LogP contribution in [0.5, 0.6) is 0 Å². The molecule has 1 aromatic heterocycles. The minimum atomic E-state index is -1.23. The second-order valence-corrected chi connectivity index (χ2v) is 4.84. The van der Waals surface area contributed by atoms with E-state index in [-0.39, 0.29) is 12.8 Å². The van der Waals surface area contributed by atoms with E-state index in [1.807, 2.05) is 0 Å². The lowest BCUT2D eigenvalue weighted by Gasteiger charge is -2.28. The maximum atomic E-state index is 12.1. The van der Waals surface area contributed by atoms with Crippen LogP contribution in [0.25, 0.3) is 0 Å². The molecule has 1 saturated heterocycles. The monoisotopic (exact) mass is 309 g/mol. The summed E-state index contributed by atoms with van der Waals surface area (Å²) in [4.78, 5) is 53.7. The number of carboxylic acid groups (broad SMARTS) is 1. The quantitative estimate of drug-likeness (QED) is 0.519. The second kappa shape index (κ2) is 6.24. The summed E-state index contributed by atoms with van der Waals surface area (Å²) in [7, 11) is 1.30. The van der Waals surface area contributed by atoms with Crippen molar-refractivity contribution >= 4 is 23.8 Å². The molecule has 1 aromatic rings. The summed E-state index contributed by atoms with van der Waals surface area (Å²) in [6.07, 6.45) is 2.63. The number of hydrogen-bond acceptors (Lipinski definition) is 5. The van der Waals surface area contributed by atoms with Crippen LogP contribution in [0.3, 0.4) is 0 Å². The number of imide groups is 1. The van der Waals surface area contributed by atoms with Crippen LogP contribution >= 0.6 is 0 Å². The first-order chi connectivity index (χ1) is 10.4. The third-order valence-corrected chi connectivity index (χ3v) is 3.27. The van der Waals surface area contributed by atoms with E-state index in [1.165, 1.54) is 19.6 Å². The average Bonchev–Trinajstić information content (AvgIpc) is 2.96. The number of hydrogen-bond donors (Lipinski definition) is 4. The topological polar surface area (TPSA) is 144 Å². The number of aromatic amines is 1. The Morgan fingerprint density at radius 3 is 2.82 bits per heavy atom. The lowest BCUT2D eigenvalue weighted by molar-refractivity contribution is -0.142. The van der Waals surface area contributed by atoms with Gasteiger partial charge in [0.15, 0.2) is 0 Å². The first-order valence-electron chi connectivity index (χ1n) is 6.46. The maximum Gasteiger partial charge on any atom is 0.326 e. The molecule has 118 valence electrons. The van der Waals surface area contributed by atoms with Gasteiger partial charge in [-0.05, 0) is 0 Å². The zero-order valence-corrected chi connectivity index (χ0v) is 11.7. The fourth-order valence-electron chi connectivity index (χ4n) is 1.97. The largest absolute Gasteiger partial charge is 0.480 e. The normalized spacial score (nSPS) is 19.5. The van der Waals surface area contributed by atoms with Crippen molar-refractivity contribution in [3.63, 3.8) is 0 Å². The molecule has 10 nitrogen and oxygen atoms in total. The number of amides is 4. The van der Waals surface area contributed by atoms with Crippen molar-refractivity contribution in [2.24, 2.45) is 0 Å². The lowest BCUT2D eigenvalue weighted by Crippen LogP contribution is -2.59. The average molecular weight is 309 g/mol. The van der Waals surface area contributed by atoms with Gasteiger partial charge in [-0.3, -0.25) is 14.5 Å². The van der Waals surface area contributed by atoms with Crippen LogP contribution in [0, 0.1) is 0 Å². The molecule has 0 aliphatic carbocycles. The van der Waals surface area contributed by atoms with E-state index < -0.39 is 35.9 Å². The van der Waals surface area contributed by atoms with Gasteiger partial charge in [-0.1, -0.05) is 0 Å². The Balaban J connectivity index is 2.00. The Morgan fingerprint density at radius 2 is 2.27 bits per heavy atom. The maximum absolute atomic E-state index is 12.1. The fourth-order valence-corrected chi connectivity index (χ4v) is 1.97. The molecule has 10 heteroatoms. The van der Waals surface area contributed by atoms with E-state index in [9.17, 15) is 19.2 Å². The fraction of sp³-hybridized carbons (Fsp3) is 0.417. The van der Waals surface area contributed by atoms with Gasteiger partial charge < -0.3 is 20.7 Å². The van der Waals surface area contributed by atoms with Gasteiger partial charge in [0.05, 0.1) is 12.7 Å². The van der Waals surface area contributed by atoms with E-state index in [1.54, 1.807) is 0 Å². The molecule has 1 aliphatic rings. The van der Waals surface area contributed by atoms with Crippen LogP contribution in [0.1, 0.15) is 12.1 Å². The Bertz CT molecular complexity index is 581. The van der Waals surface area contributed by atoms with Gasteiger partial charge in [0.1, 0.15) is 12.1 Å². The molecule has 0 unspecified atom stereocenters. The molecular weight excluding hydrogens is 294 g/mol. The molecule has 0 saturated carbocycles. The Morgan fingerprint density at radius 1 is 1.55 bits per heavy atom. The molecule has 1 fully saturated rings. The highest BCUT2D eigenvalue weighted by molar-refractivity contribution is 6.02. The van der Waals surface area contributed by atoms with Gasteiger partial charge in [-0.25, -0.2) is 14.6 Å². The van der Waals surface area contributed by atoms with Crippen LogP contribution in [0.15, 0.2) is 12.5 Å². The van der Waals surface area contributed by atoms with Crippen LogP contribution < -0.4 is 10.6 Å². The molecule has 2 atom stereocenters. The smallest absolute Gasteiger partial charge is 0.326 e. The predicted octanol–water partition coefficient (Wildman–Crippen LogP) is -1.54. The molecule has 0 bridgehead atoms. The van der Waals surface area contributed by atoms with Gasteiger partial charge in [-0.2, -0.15) is 0 Å². The van der Waals surface area contributed by atoms with Gasteiger partial charge >= 0.3 is 12.0 Å². The molecular formula is C12H15N5O5. The number of nitrogens with one attached hydrogen (secondary N) is 3. The van der Waals surface area contributed by atoms with Crippen LogP contribution in [0.4, 0.5) is 4.79 Å². The van der Waals surface area contributed by atoms with Crippen molar-refractivity contribution in [2.45, 2.75) is 24.9 Å². The van der Waals surface area contributed by atoms with Crippen molar-refractivity contribution in [1.29, 1.82) is 0 Å². The molecule has 0 radical (unpaired) electrons. The number of aromatic nitrogens is 2. The Hall–Kier alpha value is -2.91. The lowest BCUT2D eigenvalue weighted by atomic mass is 10.1. The SMILES string of the molecule is CN1C(=O)C[C@@H](C(=O)N[C@@H](Cc2cnc[nH]2)C(=O)O)NC1=O. The molecule has 4 N–H and O–H groups in total. The number of carboxylic acids is 1. The summed E-state index contributed by atoms with van der Waals surface area (Å²) in [6.45, 7) is 0. The Labute approximate surface area is 124 Å². The van der Waals surface area contributed by atoms with Crippen LogP contribution in [-0.4, -0.2) is 62.9 Å². The van der Waals surface area contributed by atoms with Crippen molar-refractivity contribution in [3.05, 3.63) is 18.2 Å². The van der Waals surface area contributed by atoms with Crippen molar-refractivity contribution in [3.8, 4) is 0 Å². The van der Waals surface area contributed by atoms with E-state index in [0.29, 0.717) is 5.69 Å². The second-order valence-electron chi connectivity index (χ2n) is 4.84. The van der Waals surface area contributed by atoms with Crippen molar-refractivity contribution < 1.29 is 24.3 Å². The number of nitrogens with zero attached hydrogens (tertiary/aromatic N) is 2. The number of aliphatic carboxylic acids is 1. The van der Waals surface area contributed by atoms with E-state index in [0.717, 1.165) is 4.90 Å². The third-order valence-electron chi connectivity index (χ3n) is 3.27. The molecule has 2 rings (SSSR count). The molecule has 0 spiro atoms. The molecule has 0 aromatic carbocycles. The first kappa shape index (κ1) is 15.5. The summed E-state index contributed by atoms with van der Waals surface area (Å²) in [6, 6.07) is -2.98. The summed E-state index contributed by atoms with van der Waals surface area (Å²) in [5.41, 5.74) is 0.538. The minimum absolute atomic E-state index is 0.00951. The number of H-pyrrole nitrogens is 1. The molecule has 4 amide bonds. The van der Waals surface area contributed by atoms with Crippen molar-refractivity contribution in [2.75, 3.05) is 7.05 Å². The van der Waals surface area contributed by atoms with Crippen LogP contribution in [0.2, 0.25) is 0 Å². The van der Waals surface area contributed by atoms with Gasteiger partial charge in [0, 0.05) is 25.4 Å². The standard InChI is InChI=1S/C12H15N5O5/c1-17-9(18)3-7(16-12(17)22)10(19)15-8(11(20)21)2-6-4-13-5-14-6/h4-5,7-8H,2-3H2,1H3,(H,13,14)(H,15,19)(H,16,22)(H,20,21)/t7-,8-/m0/s1. The van der Waals surface area contributed by atoms with Gasteiger partial charge in [0.2, 0.25) is 11.8 Å². The number of rotatable bonds is 5. The zero-order chi connectivity index (χ0) is 16.3. The summed E-state index contributed by atoms with van der Waals surface area (Å²) >= 11 is 0.